The molecule has 3 nitrogen and oxygen atoms in total. The third kappa shape index (κ3) is 3.76. The molecule has 1 aromatic rings. The van der Waals surface area contributed by atoms with Crippen molar-refractivity contribution in [3.05, 3.63) is 27.6 Å². The molecule has 1 rings (SSSR count). The zero-order valence-corrected chi connectivity index (χ0v) is 11.8. The highest BCUT2D eigenvalue weighted by Gasteiger charge is 2.08. The van der Waals surface area contributed by atoms with Gasteiger partial charge < -0.3 is 5.32 Å². The van der Waals surface area contributed by atoms with Crippen LogP contribution in [-0.4, -0.2) is 16.5 Å². The topological polar surface area (TPSA) is 37.8 Å². The first kappa shape index (κ1) is 13.5. The Morgan fingerprint density at radius 2 is 2.19 bits per heavy atom. The molecule has 1 heterocycles. The van der Waals surface area contributed by atoms with Crippen LogP contribution in [0.25, 0.3) is 0 Å². The van der Waals surface area contributed by atoms with Crippen molar-refractivity contribution in [1.82, 2.24) is 9.97 Å². The van der Waals surface area contributed by atoms with Crippen LogP contribution >= 0.6 is 27.5 Å². The molecule has 5 heteroatoms. The molecule has 0 unspecified atom stereocenters. The molecule has 1 N–H and O–H groups in total. The van der Waals surface area contributed by atoms with Crippen LogP contribution in [0.4, 0.5) is 5.82 Å². The molecule has 0 amide bonds. The first-order valence-corrected chi connectivity index (χ1v) is 6.31. The van der Waals surface area contributed by atoms with Crippen LogP contribution in [0.2, 0.25) is 5.15 Å². The molecule has 0 aliphatic rings. The Morgan fingerprint density at radius 3 is 2.75 bits per heavy atom. The third-order valence-electron chi connectivity index (χ3n) is 2.05. The fraction of sp³-hybridized carbons (Fsp3) is 0.455. The zero-order valence-electron chi connectivity index (χ0n) is 9.48. The lowest BCUT2D eigenvalue weighted by atomic mass is 10.3. The van der Waals surface area contributed by atoms with Crippen molar-refractivity contribution >= 4 is 33.3 Å². The minimum absolute atomic E-state index is 0.515. The van der Waals surface area contributed by atoms with Gasteiger partial charge in [0.25, 0.3) is 0 Å². The molecular formula is C11H15BrClN3. The molecular weight excluding hydrogens is 289 g/mol. The van der Waals surface area contributed by atoms with Gasteiger partial charge in [0.2, 0.25) is 0 Å². The highest BCUT2D eigenvalue weighted by atomic mass is 79.9. The van der Waals surface area contributed by atoms with E-state index in [0.29, 0.717) is 11.7 Å². The molecule has 0 saturated heterocycles. The molecule has 0 atom stereocenters. The van der Waals surface area contributed by atoms with Gasteiger partial charge in [-0.2, -0.15) is 0 Å². The summed E-state index contributed by atoms with van der Waals surface area (Å²) in [6.07, 6.45) is 1.84. The van der Waals surface area contributed by atoms with Gasteiger partial charge in [0.05, 0.1) is 0 Å². The van der Waals surface area contributed by atoms with Gasteiger partial charge in [0, 0.05) is 23.0 Å². The Hall–Kier alpha value is -0.610. The van der Waals surface area contributed by atoms with E-state index in [2.05, 4.69) is 44.7 Å². The number of rotatable bonds is 5. The fourth-order valence-corrected chi connectivity index (χ4v) is 1.55. The Balaban J connectivity index is 2.92. The highest BCUT2D eigenvalue weighted by Crippen LogP contribution is 2.20. The standard InChI is InChI=1S/C11H15BrClN3/c1-4-5-9-15-10(13)8(3)11(16-9)14-6-7(2)12/h2,4-6H2,1,3H3,(H,14,15,16). The lowest BCUT2D eigenvalue weighted by Gasteiger charge is -2.10. The summed E-state index contributed by atoms with van der Waals surface area (Å²) in [6.45, 7) is 8.37. The van der Waals surface area contributed by atoms with Gasteiger partial charge in [-0.05, 0) is 13.3 Å². The van der Waals surface area contributed by atoms with E-state index >= 15 is 0 Å². The van der Waals surface area contributed by atoms with Gasteiger partial charge in [0.1, 0.15) is 16.8 Å². The second kappa shape index (κ2) is 6.21. The van der Waals surface area contributed by atoms with Crippen LogP contribution in [0.15, 0.2) is 11.1 Å². The minimum Gasteiger partial charge on any atom is -0.365 e. The van der Waals surface area contributed by atoms with Gasteiger partial charge in [-0.25, -0.2) is 9.97 Å². The van der Waals surface area contributed by atoms with Gasteiger partial charge in [-0.3, -0.25) is 0 Å². The van der Waals surface area contributed by atoms with E-state index in [1.165, 1.54) is 0 Å². The largest absolute Gasteiger partial charge is 0.365 e. The molecule has 0 spiro atoms. The highest BCUT2D eigenvalue weighted by molar-refractivity contribution is 9.11. The Bertz CT molecular complexity index is 393. The van der Waals surface area contributed by atoms with Gasteiger partial charge in [-0.1, -0.05) is 41.0 Å². The second-order valence-electron chi connectivity index (χ2n) is 3.53. The average Bonchev–Trinajstić information content (AvgIpc) is 2.21. The number of hydrogen-bond acceptors (Lipinski definition) is 3. The number of anilines is 1. The zero-order chi connectivity index (χ0) is 12.1. The van der Waals surface area contributed by atoms with Crippen LogP contribution in [0.5, 0.6) is 0 Å². The minimum atomic E-state index is 0.515. The van der Waals surface area contributed by atoms with E-state index in [1.54, 1.807) is 0 Å². The molecule has 16 heavy (non-hydrogen) atoms. The van der Waals surface area contributed by atoms with Crippen molar-refractivity contribution in [2.75, 3.05) is 11.9 Å². The summed E-state index contributed by atoms with van der Waals surface area (Å²) in [7, 11) is 0. The fourth-order valence-electron chi connectivity index (χ4n) is 1.22. The molecule has 1 aromatic heterocycles. The van der Waals surface area contributed by atoms with E-state index < -0.39 is 0 Å². The average molecular weight is 305 g/mol. The summed E-state index contributed by atoms with van der Waals surface area (Å²) in [5.74, 6) is 1.56. The monoisotopic (exact) mass is 303 g/mol. The Labute approximate surface area is 109 Å². The quantitative estimate of drug-likeness (QED) is 0.843. The molecule has 0 radical (unpaired) electrons. The summed E-state index contributed by atoms with van der Waals surface area (Å²) < 4.78 is 0.874. The third-order valence-corrected chi connectivity index (χ3v) is 2.70. The van der Waals surface area contributed by atoms with Crippen molar-refractivity contribution in [2.45, 2.75) is 26.7 Å². The summed E-state index contributed by atoms with van der Waals surface area (Å²) >= 11 is 9.34. The maximum Gasteiger partial charge on any atom is 0.137 e. The molecule has 0 bridgehead atoms. The smallest absolute Gasteiger partial charge is 0.137 e. The van der Waals surface area contributed by atoms with E-state index in [4.69, 9.17) is 11.6 Å². The Kier molecular flexibility index (Phi) is 5.22. The molecule has 0 aromatic carbocycles. The summed E-state index contributed by atoms with van der Waals surface area (Å²) in [4.78, 5) is 8.66. The van der Waals surface area contributed by atoms with Crippen LogP contribution in [0.3, 0.4) is 0 Å². The normalized spacial score (nSPS) is 10.2. The first-order chi connectivity index (χ1) is 7.54. The summed E-state index contributed by atoms with van der Waals surface area (Å²) in [5.41, 5.74) is 0.871. The van der Waals surface area contributed by atoms with E-state index in [-0.39, 0.29) is 0 Å². The maximum absolute atomic E-state index is 6.04. The summed E-state index contributed by atoms with van der Waals surface area (Å²) in [5, 5.41) is 3.68. The lowest BCUT2D eigenvalue weighted by Crippen LogP contribution is -2.08. The van der Waals surface area contributed by atoms with E-state index in [1.807, 2.05) is 6.92 Å². The van der Waals surface area contributed by atoms with Crippen molar-refractivity contribution in [3.8, 4) is 0 Å². The second-order valence-corrected chi connectivity index (χ2v) is 5.00. The van der Waals surface area contributed by atoms with E-state index in [0.717, 1.165) is 34.5 Å². The molecule has 0 fully saturated rings. The van der Waals surface area contributed by atoms with Crippen molar-refractivity contribution in [2.24, 2.45) is 0 Å². The molecule has 0 aliphatic carbocycles. The van der Waals surface area contributed by atoms with Crippen molar-refractivity contribution in [3.63, 3.8) is 0 Å². The van der Waals surface area contributed by atoms with Crippen LogP contribution < -0.4 is 5.32 Å². The van der Waals surface area contributed by atoms with Crippen LogP contribution in [0, 0.1) is 6.92 Å². The maximum atomic E-state index is 6.04. The molecule has 0 aliphatic heterocycles. The van der Waals surface area contributed by atoms with Crippen molar-refractivity contribution in [1.29, 1.82) is 0 Å². The van der Waals surface area contributed by atoms with Crippen LogP contribution in [0.1, 0.15) is 24.7 Å². The number of hydrogen-bond donors (Lipinski definition) is 1. The summed E-state index contributed by atoms with van der Waals surface area (Å²) in [6, 6.07) is 0. The predicted octanol–water partition coefficient (Wildman–Crippen LogP) is 3.71. The van der Waals surface area contributed by atoms with Crippen molar-refractivity contribution < 1.29 is 0 Å². The van der Waals surface area contributed by atoms with Gasteiger partial charge in [0.15, 0.2) is 0 Å². The Morgan fingerprint density at radius 1 is 1.50 bits per heavy atom. The lowest BCUT2D eigenvalue weighted by molar-refractivity contribution is 0.831. The number of aryl methyl sites for hydroxylation is 1. The molecule has 88 valence electrons. The van der Waals surface area contributed by atoms with Gasteiger partial charge in [-0.15, -0.1) is 0 Å². The predicted molar refractivity (Wildman–Crippen MR) is 72.3 cm³/mol. The number of nitrogens with zero attached hydrogens (tertiary/aromatic N) is 2. The van der Waals surface area contributed by atoms with Crippen LogP contribution in [-0.2, 0) is 6.42 Å². The number of aromatic nitrogens is 2. The van der Waals surface area contributed by atoms with Gasteiger partial charge >= 0.3 is 0 Å². The number of halogens is 2. The van der Waals surface area contributed by atoms with E-state index in [9.17, 15) is 0 Å². The SMILES string of the molecule is C=C(Br)CNc1nc(CCC)nc(Cl)c1C. The number of nitrogens with one attached hydrogen (secondary N) is 1. The first-order valence-electron chi connectivity index (χ1n) is 5.14. The molecule has 0 saturated carbocycles.